The maximum absolute atomic E-state index is 12.8. The lowest BCUT2D eigenvalue weighted by Gasteiger charge is -2.12. The molecule has 0 aliphatic rings. The van der Waals surface area contributed by atoms with Crippen molar-refractivity contribution in [2.24, 2.45) is 0 Å². The van der Waals surface area contributed by atoms with Crippen LogP contribution >= 0.6 is 0 Å². The minimum atomic E-state index is -4.32. The Hall–Kier alpha value is -1.77. The van der Waals surface area contributed by atoms with Crippen LogP contribution in [0.5, 0.6) is 0 Å². The first-order chi connectivity index (χ1) is 7.98. The predicted molar refractivity (Wildman–Crippen MR) is 61.6 cm³/mol. The predicted octanol–water partition coefficient (Wildman–Crippen LogP) is 4.68. The molecule has 88 valence electrons. The molecule has 0 amide bonds. The van der Waals surface area contributed by atoms with Gasteiger partial charge in [-0.25, -0.2) is 0 Å². The maximum atomic E-state index is 12.8. The highest BCUT2D eigenvalue weighted by atomic mass is 19.4. The lowest BCUT2D eigenvalue weighted by molar-refractivity contribution is -0.137. The van der Waals surface area contributed by atoms with Crippen LogP contribution in [0.15, 0.2) is 48.5 Å². The minimum absolute atomic E-state index is 0.222. The van der Waals surface area contributed by atoms with Crippen LogP contribution in [0.25, 0.3) is 11.1 Å². The summed E-state index contributed by atoms with van der Waals surface area (Å²) in [5.41, 5.74) is 1.24. The van der Waals surface area contributed by atoms with Crippen molar-refractivity contribution in [1.82, 2.24) is 0 Å². The van der Waals surface area contributed by atoms with Crippen molar-refractivity contribution in [1.29, 1.82) is 0 Å². The summed E-state index contributed by atoms with van der Waals surface area (Å²) in [5.74, 6) is 0. The topological polar surface area (TPSA) is 0 Å². The summed E-state index contributed by atoms with van der Waals surface area (Å²) < 4.78 is 38.4. The van der Waals surface area contributed by atoms with Crippen LogP contribution in [0.4, 0.5) is 13.2 Å². The second-order valence-electron chi connectivity index (χ2n) is 3.91. The van der Waals surface area contributed by atoms with E-state index in [0.29, 0.717) is 5.56 Å². The molecule has 0 fully saturated rings. The van der Waals surface area contributed by atoms with Crippen molar-refractivity contribution in [3.63, 3.8) is 0 Å². The Morgan fingerprint density at radius 1 is 0.824 bits per heavy atom. The van der Waals surface area contributed by atoms with Gasteiger partial charge < -0.3 is 0 Å². The fraction of sp³-hybridized carbons (Fsp3) is 0.143. The summed E-state index contributed by atoms with van der Waals surface area (Å²) in [4.78, 5) is 0. The summed E-state index contributed by atoms with van der Waals surface area (Å²) in [6, 6.07) is 12.7. The molecular formula is C14H11F3. The molecule has 0 saturated heterocycles. The molecule has 0 saturated carbocycles. The molecule has 0 radical (unpaired) electrons. The van der Waals surface area contributed by atoms with Crippen LogP contribution in [-0.4, -0.2) is 0 Å². The highest BCUT2D eigenvalue weighted by Crippen LogP contribution is 2.36. The van der Waals surface area contributed by atoms with Crippen molar-refractivity contribution in [2.75, 3.05) is 0 Å². The van der Waals surface area contributed by atoms with Crippen molar-refractivity contribution >= 4 is 0 Å². The molecule has 0 nitrogen and oxygen atoms in total. The molecule has 17 heavy (non-hydrogen) atoms. The molecule has 0 bridgehead atoms. The van der Waals surface area contributed by atoms with E-state index in [0.717, 1.165) is 11.6 Å². The summed E-state index contributed by atoms with van der Waals surface area (Å²) in [6.45, 7) is 1.90. The van der Waals surface area contributed by atoms with E-state index in [2.05, 4.69) is 0 Å². The van der Waals surface area contributed by atoms with Crippen LogP contribution in [0.3, 0.4) is 0 Å². The monoisotopic (exact) mass is 236 g/mol. The van der Waals surface area contributed by atoms with Crippen molar-refractivity contribution < 1.29 is 13.2 Å². The SMILES string of the molecule is Cc1ccc(-c2ccccc2C(F)(F)F)cc1. The molecule has 0 aromatic heterocycles. The van der Waals surface area contributed by atoms with Gasteiger partial charge in [-0.2, -0.15) is 13.2 Å². The number of halogens is 3. The van der Waals surface area contributed by atoms with Gasteiger partial charge in [0.05, 0.1) is 5.56 Å². The van der Waals surface area contributed by atoms with Crippen LogP contribution in [0, 0.1) is 6.92 Å². The Morgan fingerprint density at radius 3 is 2.00 bits per heavy atom. The molecule has 2 aromatic carbocycles. The molecule has 0 heterocycles. The fourth-order valence-electron chi connectivity index (χ4n) is 1.72. The molecule has 0 atom stereocenters. The summed E-state index contributed by atoms with van der Waals surface area (Å²) in [5, 5.41) is 0. The molecule has 0 aliphatic heterocycles. The molecule has 0 spiro atoms. The van der Waals surface area contributed by atoms with E-state index in [-0.39, 0.29) is 5.56 Å². The number of rotatable bonds is 1. The Kier molecular flexibility index (Phi) is 2.92. The Balaban J connectivity index is 2.56. The molecule has 2 rings (SSSR count). The van der Waals surface area contributed by atoms with Crippen LogP contribution in [0.1, 0.15) is 11.1 Å². The number of aryl methyl sites for hydroxylation is 1. The first-order valence-electron chi connectivity index (χ1n) is 5.22. The first-order valence-corrected chi connectivity index (χ1v) is 5.22. The van der Waals surface area contributed by atoms with Gasteiger partial charge in [-0.15, -0.1) is 0 Å². The van der Waals surface area contributed by atoms with E-state index in [4.69, 9.17) is 0 Å². The quantitative estimate of drug-likeness (QED) is 0.674. The minimum Gasteiger partial charge on any atom is -0.166 e. The summed E-state index contributed by atoms with van der Waals surface area (Å²) in [7, 11) is 0. The van der Waals surface area contributed by atoms with Gasteiger partial charge in [0.15, 0.2) is 0 Å². The zero-order valence-electron chi connectivity index (χ0n) is 9.25. The number of benzene rings is 2. The smallest absolute Gasteiger partial charge is 0.166 e. The van der Waals surface area contributed by atoms with Gasteiger partial charge in [0.1, 0.15) is 0 Å². The van der Waals surface area contributed by atoms with Gasteiger partial charge in [0, 0.05) is 0 Å². The lowest BCUT2D eigenvalue weighted by Crippen LogP contribution is -2.06. The molecule has 0 aliphatic carbocycles. The highest BCUT2D eigenvalue weighted by molar-refractivity contribution is 5.68. The van der Waals surface area contributed by atoms with Crippen LogP contribution in [-0.2, 0) is 6.18 Å². The van der Waals surface area contributed by atoms with E-state index in [1.54, 1.807) is 18.2 Å². The average molecular weight is 236 g/mol. The van der Waals surface area contributed by atoms with E-state index in [1.165, 1.54) is 12.1 Å². The second kappa shape index (κ2) is 4.24. The van der Waals surface area contributed by atoms with Crippen LogP contribution < -0.4 is 0 Å². The lowest BCUT2D eigenvalue weighted by atomic mass is 9.98. The third-order valence-electron chi connectivity index (χ3n) is 2.60. The first kappa shape index (κ1) is 11.7. The Labute approximate surface area is 97.7 Å². The number of hydrogen-bond donors (Lipinski definition) is 0. The molecule has 3 heteroatoms. The summed E-state index contributed by atoms with van der Waals surface area (Å²) in [6.07, 6.45) is -4.32. The van der Waals surface area contributed by atoms with Crippen molar-refractivity contribution in [2.45, 2.75) is 13.1 Å². The maximum Gasteiger partial charge on any atom is 0.417 e. The van der Waals surface area contributed by atoms with E-state index in [9.17, 15) is 13.2 Å². The molecular weight excluding hydrogens is 225 g/mol. The molecule has 0 unspecified atom stereocenters. The van der Waals surface area contributed by atoms with Gasteiger partial charge >= 0.3 is 6.18 Å². The van der Waals surface area contributed by atoms with Crippen molar-refractivity contribution in [3.8, 4) is 11.1 Å². The largest absolute Gasteiger partial charge is 0.417 e. The molecule has 0 N–H and O–H groups in total. The highest BCUT2D eigenvalue weighted by Gasteiger charge is 2.33. The zero-order chi connectivity index (χ0) is 12.5. The third kappa shape index (κ3) is 2.49. The van der Waals surface area contributed by atoms with Crippen LogP contribution in [0.2, 0.25) is 0 Å². The Morgan fingerprint density at radius 2 is 1.41 bits per heavy atom. The zero-order valence-corrected chi connectivity index (χ0v) is 9.25. The second-order valence-corrected chi connectivity index (χ2v) is 3.91. The van der Waals surface area contributed by atoms with Crippen molar-refractivity contribution in [3.05, 3.63) is 59.7 Å². The Bertz CT molecular complexity index is 510. The normalized spacial score (nSPS) is 11.5. The van der Waals surface area contributed by atoms with Gasteiger partial charge in [-0.05, 0) is 24.1 Å². The standard InChI is InChI=1S/C14H11F3/c1-10-6-8-11(9-7-10)12-4-2-3-5-13(12)14(15,16)17/h2-9H,1H3. The summed E-state index contributed by atoms with van der Waals surface area (Å²) >= 11 is 0. The molecule has 2 aromatic rings. The van der Waals surface area contributed by atoms with E-state index >= 15 is 0 Å². The third-order valence-corrected chi connectivity index (χ3v) is 2.60. The average Bonchev–Trinajstić information content (AvgIpc) is 2.29. The van der Waals surface area contributed by atoms with E-state index in [1.807, 2.05) is 19.1 Å². The number of hydrogen-bond acceptors (Lipinski definition) is 0. The van der Waals surface area contributed by atoms with Gasteiger partial charge in [0.25, 0.3) is 0 Å². The van der Waals surface area contributed by atoms with Gasteiger partial charge in [-0.3, -0.25) is 0 Å². The van der Waals surface area contributed by atoms with Gasteiger partial charge in [0.2, 0.25) is 0 Å². The number of alkyl halides is 3. The fourth-order valence-corrected chi connectivity index (χ4v) is 1.72. The van der Waals surface area contributed by atoms with Gasteiger partial charge in [-0.1, -0.05) is 48.0 Å². The van der Waals surface area contributed by atoms with E-state index < -0.39 is 11.7 Å².